The van der Waals surface area contributed by atoms with E-state index in [1.54, 1.807) is 6.07 Å². The number of aryl methyl sites for hydroxylation is 1. The lowest BCUT2D eigenvalue weighted by Gasteiger charge is -2.14. The molecule has 3 heterocycles. The van der Waals surface area contributed by atoms with Crippen LogP contribution in [0.2, 0.25) is 5.02 Å². The van der Waals surface area contributed by atoms with Crippen LogP contribution >= 0.6 is 11.6 Å². The topological polar surface area (TPSA) is 93.8 Å². The van der Waals surface area contributed by atoms with E-state index in [2.05, 4.69) is 10.2 Å². The molecule has 7 nitrogen and oxygen atoms in total. The van der Waals surface area contributed by atoms with Gasteiger partial charge in [-0.2, -0.15) is 5.10 Å². The molecule has 1 N–H and O–H groups in total. The number of nitro groups is 1. The van der Waals surface area contributed by atoms with Gasteiger partial charge in [0.2, 0.25) is 0 Å². The smallest absolute Gasteiger partial charge is 0.288 e. The van der Waals surface area contributed by atoms with Crippen molar-refractivity contribution in [3.63, 3.8) is 0 Å². The Labute approximate surface area is 122 Å². The monoisotopic (exact) mass is 304 g/mol. The Balaban J connectivity index is 2.24. The number of aromatic nitrogens is 3. The Morgan fingerprint density at radius 1 is 1.43 bits per heavy atom. The minimum Gasteiger partial charge on any atom is -0.344 e. The molecule has 106 valence electrons. The number of hydrogen-bond acceptors (Lipinski definition) is 4. The zero-order valence-corrected chi connectivity index (χ0v) is 11.5. The molecule has 0 saturated carbocycles. The first-order valence-corrected chi connectivity index (χ1v) is 6.83. The number of aromatic amines is 1. The van der Waals surface area contributed by atoms with Crippen molar-refractivity contribution >= 4 is 28.2 Å². The van der Waals surface area contributed by atoms with Crippen LogP contribution in [-0.4, -0.2) is 19.7 Å². The molecule has 3 aliphatic rings. The van der Waals surface area contributed by atoms with Crippen molar-refractivity contribution in [2.75, 3.05) is 0 Å². The zero-order chi connectivity index (χ0) is 14.7. The van der Waals surface area contributed by atoms with Crippen molar-refractivity contribution < 1.29 is 4.92 Å². The normalized spacial score (nSPS) is 14.0. The van der Waals surface area contributed by atoms with E-state index in [0.717, 1.165) is 30.6 Å². The van der Waals surface area contributed by atoms with Crippen molar-refractivity contribution in [1.29, 1.82) is 0 Å². The van der Waals surface area contributed by atoms with Crippen molar-refractivity contribution in [3.8, 4) is 11.3 Å². The highest BCUT2D eigenvalue weighted by Crippen LogP contribution is 2.38. The van der Waals surface area contributed by atoms with E-state index in [9.17, 15) is 14.9 Å². The number of halogens is 1. The molecule has 8 heteroatoms. The average molecular weight is 305 g/mol. The standard InChI is InChI=1S/C13H9ClN4O3/c14-7-5-9-6(4-10(7)18(20)21)12-11(13(19)16-15-12)8-2-1-3-17(8)9/h4-5H,1-3H2,(H,16,19). The van der Waals surface area contributed by atoms with Crippen molar-refractivity contribution in [1.82, 2.24) is 14.8 Å². The van der Waals surface area contributed by atoms with Gasteiger partial charge in [-0.1, -0.05) is 11.6 Å². The highest BCUT2D eigenvalue weighted by Gasteiger charge is 2.28. The fourth-order valence-corrected chi connectivity index (χ4v) is 3.32. The van der Waals surface area contributed by atoms with Crippen molar-refractivity contribution in [3.05, 3.63) is 43.3 Å². The second-order valence-electron chi connectivity index (χ2n) is 5.06. The van der Waals surface area contributed by atoms with Crippen LogP contribution in [0, 0.1) is 10.1 Å². The Morgan fingerprint density at radius 2 is 2.24 bits per heavy atom. The molecular formula is C13H9ClN4O3. The first-order chi connectivity index (χ1) is 10.1. The van der Waals surface area contributed by atoms with Gasteiger partial charge < -0.3 is 4.57 Å². The summed E-state index contributed by atoms with van der Waals surface area (Å²) in [5.41, 5.74) is 2.26. The van der Waals surface area contributed by atoms with Crippen LogP contribution in [0.25, 0.3) is 22.2 Å². The zero-order valence-electron chi connectivity index (χ0n) is 10.7. The molecule has 4 rings (SSSR count). The SMILES string of the molecule is O=c1[nH]nc2c3cc([N+](=O)[O-])c(Cl)cc3n3c(c1-2)CCC3. The molecule has 0 aliphatic carbocycles. The largest absolute Gasteiger partial charge is 0.344 e. The summed E-state index contributed by atoms with van der Waals surface area (Å²) in [6.45, 7) is 0.764. The maximum absolute atomic E-state index is 12.0. The van der Waals surface area contributed by atoms with Crippen LogP contribution in [0.5, 0.6) is 0 Å². The molecule has 0 amide bonds. The fourth-order valence-electron chi connectivity index (χ4n) is 3.09. The van der Waals surface area contributed by atoms with Crippen LogP contribution < -0.4 is 5.56 Å². The van der Waals surface area contributed by atoms with Gasteiger partial charge in [0.15, 0.2) is 0 Å². The van der Waals surface area contributed by atoms with Crippen molar-refractivity contribution in [2.45, 2.75) is 19.4 Å². The van der Waals surface area contributed by atoms with Crippen molar-refractivity contribution in [2.24, 2.45) is 0 Å². The molecule has 0 spiro atoms. The van der Waals surface area contributed by atoms with Crippen LogP contribution in [0.1, 0.15) is 12.1 Å². The molecule has 0 fully saturated rings. The number of hydrogen-bond donors (Lipinski definition) is 1. The number of nitro benzene ring substituents is 1. The van der Waals surface area contributed by atoms with Gasteiger partial charge in [-0.25, -0.2) is 5.10 Å². The molecule has 0 bridgehead atoms. The summed E-state index contributed by atoms with van der Waals surface area (Å²) in [6, 6.07) is 2.98. The molecule has 21 heavy (non-hydrogen) atoms. The lowest BCUT2D eigenvalue weighted by atomic mass is 10.0. The third-order valence-corrected chi connectivity index (χ3v) is 4.25. The van der Waals surface area contributed by atoms with E-state index in [-0.39, 0.29) is 16.3 Å². The number of nitrogens with zero attached hydrogens (tertiary/aromatic N) is 3. The summed E-state index contributed by atoms with van der Waals surface area (Å²) in [5.74, 6) is 0. The first-order valence-electron chi connectivity index (χ1n) is 6.45. The highest BCUT2D eigenvalue weighted by atomic mass is 35.5. The fraction of sp³-hybridized carbons (Fsp3) is 0.231. The summed E-state index contributed by atoms with van der Waals surface area (Å²) in [6.07, 6.45) is 1.71. The van der Waals surface area contributed by atoms with Gasteiger partial charge in [-0.3, -0.25) is 14.9 Å². The Hall–Kier alpha value is -2.41. The van der Waals surface area contributed by atoms with Gasteiger partial charge in [0, 0.05) is 23.7 Å². The third kappa shape index (κ3) is 1.55. The van der Waals surface area contributed by atoms with E-state index < -0.39 is 4.92 Å². The predicted octanol–water partition coefficient (Wildman–Crippen LogP) is 2.34. The van der Waals surface area contributed by atoms with Crippen LogP contribution in [0.15, 0.2) is 16.9 Å². The molecule has 1 aromatic rings. The summed E-state index contributed by atoms with van der Waals surface area (Å²) in [5, 5.41) is 18.2. The second-order valence-corrected chi connectivity index (χ2v) is 5.46. The minimum atomic E-state index is -0.531. The van der Waals surface area contributed by atoms with Gasteiger partial charge in [-0.05, 0) is 18.9 Å². The molecule has 1 aromatic carbocycles. The molecule has 3 aliphatic heterocycles. The van der Waals surface area contributed by atoms with E-state index in [1.807, 2.05) is 4.57 Å². The molecular weight excluding hydrogens is 296 g/mol. The third-order valence-electron chi connectivity index (χ3n) is 3.95. The average Bonchev–Trinajstić information content (AvgIpc) is 3.04. The maximum atomic E-state index is 12.0. The Kier molecular flexibility index (Phi) is 2.38. The predicted molar refractivity (Wildman–Crippen MR) is 77.0 cm³/mol. The number of pyridine rings is 1. The lowest BCUT2D eigenvalue weighted by molar-refractivity contribution is -0.384. The van der Waals surface area contributed by atoms with Crippen LogP contribution in [0.4, 0.5) is 5.69 Å². The molecule has 0 saturated heterocycles. The summed E-state index contributed by atoms with van der Waals surface area (Å²) in [4.78, 5) is 22.5. The van der Waals surface area contributed by atoms with Gasteiger partial charge in [-0.15, -0.1) is 0 Å². The Morgan fingerprint density at radius 3 is 3.00 bits per heavy atom. The van der Waals surface area contributed by atoms with E-state index in [4.69, 9.17) is 11.6 Å². The summed E-state index contributed by atoms with van der Waals surface area (Å²) >= 11 is 6.01. The molecule has 0 radical (unpaired) electrons. The molecule has 0 unspecified atom stereocenters. The Bertz CT molecular complexity index is 943. The maximum Gasteiger partial charge on any atom is 0.288 e. The number of fused-ring (bicyclic) bond motifs is 6. The van der Waals surface area contributed by atoms with Gasteiger partial charge in [0.05, 0.1) is 16.0 Å². The molecule has 0 atom stereocenters. The van der Waals surface area contributed by atoms with Crippen LogP contribution in [-0.2, 0) is 13.0 Å². The summed E-state index contributed by atoms with van der Waals surface area (Å²) in [7, 11) is 0. The second kappa shape index (κ2) is 4.05. The van der Waals surface area contributed by atoms with E-state index >= 15 is 0 Å². The summed E-state index contributed by atoms with van der Waals surface area (Å²) < 4.78 is 2.00. The minimum absolute atomic E-state index is 0.0892. The van der Waals surface area contributed by atoms with Gasteiger partial charge >= 0.3 is 0 Å². The number of rotatable bonds is 1. The van der Waals surface area contributed by atoms with E-state index in [1.165, 1.54) is 6.07 Å². The number of H-pyrrole nitrogens is 1. The highest BCUT2D eigenvalue weighted by molar-refractivity contribution is 6.33. The van der Waals surface area contributed by atoms with Crippen LogP contribution in [0.3, 0.4) is 0 Å². The quantitative estimate of drug-likeness (QED) is 0.551. The van der Waals surface area contributed by atoms with Gasteiger partial charge in [0.1, 0.15) is 10.7 Å². The number of nitrogens with one attached hydrogen (secondary N) is 1. The molecule has 0 aromatic heterocycles. The van der Waals surface area contributed by atoms with E-state index in [0.29, 0.717) is 16.6 Å². The number of benzene rings is 1. The lowest BCUT2D eigenvalue weighted by Crippen LogP contribution is -2.09. The van der Waals surface area contributed by atoms with Gasteiger partial charge in [0.25, 0.3) is 11.2 Å². The first kappa shape index (κ1) is 12.3.